The first-order chi connectivity index (χ1) is 7.83. The second-order valence-corrected chi connectivity index (χ2v) is 3.77. The molecule has 3 nitrogen and oxygen atoms in total. The molecule has 3 rings (SSSR count). The van der Waals surface area contributed by atoms with Gasteiger partial charge in [-0.05, 0) is 24.3 Å². The summed E-state index contributed by atoms with van der Waals surface area (Å²) in [5.41, 5.74) is 1.74. The number of aromatic amines is 1. The zero-order valence-corrected chi connectivity index (χ0v) is 8.53. The van der Waals surface area contributed by atoms with Crippen molar-refractivity contribution < 1.29 is 9.13 Å². The highest BCUT2D eigenvalue weighted by Crippen LogP contribution is 2.33. The zero-order valence-electron chi connectivity index (χ0n) is 8.53. The number of fused-ring (bicyclic) bond motifs is 1. The number of anilines is 1. The number of rotatable bonds is 1. The van der Waals surface area contributed by atoms with E-state index < -0.39 is 0 Å². The topological polar surface area (TPSA) is 37.0 Å². The molecule has 2 aromatic rings. The molecule has 2 heterocycles. The minimum atomic E-state index is -0.262. The molecule has 0 saturated carbocycles. The van der Waals surface area contributed by atoms with E-state index in [4.69, 9.17) is 4.74 Å². The van der Waals surface area contributed by atoms with Gasteiger partial charge in [0.25, 0.3) is 0 Å². The third-order valence-corrected chi connectivity index (χ3v) is 2.67. The maximum absolute atomic E-state index is 13.1. The number of H-pyrrole nitrogens is 1. The quantitative estimate of drug-likeness (QED) is 0.772. The molecule has 0 bridgehead atoms. The van der Waals surface area contributed by atoms with Gasteiger partial charge in [-0.15, -0.1) is 0 Å². The van der Waals surface area contributed by atoms with Crippen LogP contribution in [0.1, 0.15) is 11.7 Å². The van der Waals surface area contributed by atoms with Gasteiger partial charge in [0.1, 0.15) is 24.2 Å². The summed E-state index contributed by atoms with van der Waals surface area (Å²) in [4.78, 5) is 3.12. The minimum absolute atomic E-state index is 0.0456. The Morgan fingerprint density at radius 2 is 2.25 bits per heavy atom. The standard InChI is InChI=1S/C12H11FN2O/c13-8-3-4-12-10(6-8)15-11(7-16-12)9-2-1-5-14-9/h1-6,11,14-15H,7H2. The Morgan fingerprint density at radius 3 is 3.06 bits per heavy atom. The van der Waals surface area contributed by atoms with Crippen molar-refractivity contribution in [3.05, 3.63) is 48.0 Å². The average Bonchev–Trinajstić information content (AvgIpc) is 2.81. The first-order valence-electron chi connectivity index (χ1n) is 5.15. The van der Waals surface area contributed by atoms with Crippen LogP contribution in [0.3, 0.4) is 0 Å². The molecule has 0 spiro atoms. The summed E-state index contributed by atoms with van der Waals surface area (Å²) >= 11 is 0. The molecule has 2 N–H and O–H groups in total. The molecule has 1 atom stereocenters. The lowest BCUT2D eigenvalue weighted by atomic mass is 10.1. The highest BCUT2D eigenvalue weighted by atomic mass is 19.1. The number of aromatic nitrogens is 1. The summed E-state index contributed by atoms with van der Waals surface area (Å²) in [5, 5.41) is 3.24. The molecule has 1 aromatic heterocycles. The number of hydrogen-bond donors (Lipinski definition) is 2. The summed E-state index contributed by atoms with van der Waals surface area (Å²) in [6, 6.07) is 8.44. The fraction of sp³-hybridized carbons (Fsp3) is 0.167. The van der Waals surface area contributed by atoms with E-state index >= 15 is 0 Å². The lowest BCUT2D eigenvalue weighted by Crippen LogP contribution is -2.24. The first kappa shape index (κ1) is 9.27. The molecule has 0 radical (unpaired) electrons. The van der Waals surface area contributed by atoms with Crippen molar-refractivity contribution in [3.8, 4) is 5.75 Å². The first-order valence-corrected chi connectivity index (χ1v) is 5.15. The molecule has 0 aliphatic carbocycles. The van der Waals surface area contributed by atoms with Crippen LogP contribution in [0, 0.1) is 5.82 Å². The molecule has 82 valence electrons. The maximum atomic E-state index is 13.1. The molecular formula is C12H11FN2O. The van der Waals surface area contributed by atoms with E-state index in [9.17, 15) is 4.39 Å². The van der Waals surface area contributed by atoms with E-state index in [2.05, 4.69) is 10.3 Å². The molecule has 0 amide bonds. The summed E-state index contributed by atoms with van der Waals surface area (Å²) < 4.78 is 18.6. The molecule has 16 heavy (non-hydrogen) atoms. The van der Waals surface area contributed by atoms with E-state index in [1.165, 1.54) is 12.1 Å². The van der Waals surface area contributed by atoms with E-state index in [-0.39, 0.29) is 11.9 Å². The van der Waals surface area contributed by atoms with E-state index in [0.717, 1.165) is 5.69 Å². The second kappa shape index (κ2) is 3.56. The van der Waals surface area contributed by atoms with Gasteiger partial charge >= 0.3 is 0 Å². The van der Waals surface area contributed by atoms with Gasteiger partial charge in [0.2, 0.25) is 0 Å². The van der Waals surface area contributed by atoms with Gasteiger partial charge < -0.3 is 15.0 Å². The lowest BCUT2D eigenvalue weighted by Gasteiger charge is -2.26. The molecular weight excluding hydrogens is 207 g/mol. The smallest absolute Gasteiger partial charge is 0.142 e. The Balaban J connectivity index is 1.91. The van der Waals surface area contributed by atoms with E-state index in [1.807, 2.05) is 18.3 Å². The molecule has 0 fully saturated rings. The third-order valence-electron chi connectivity index (χ3n) is 2.67. The van der Waals surface area contributed by atoms with Gasteiger partial charge in [0.15, 0.2) is 0 Å². The normalized spacial score (nSPS) is 18.4. The van der Waals surface area contributed by atoms with Gasteiger partial charge in [0, 0.05) is 18.0 Å². The number of hydrogen-bond acceptors (Lipinski definition) is 2. The van der Waals surface area contributed by atoms with Crippen molar-refractivity contribution in [2.75, 3.05) is 11.9 Å². The van der Waals surface area contributed by atoms with Gasteiger partial charge in [-0.2, -0.15) is 0 Å². The van der Waals surface area contributed by atoms with E-state index in [0.29, 0.717) is 18.0 Å². The molecule has 1 aliphatic rings. The van der Waals surface area contributed by atoms with Crippen molar-refractivity contribution >= 4 is 5.69 Å². The van der Waals surface area contributed by atoms with Gasteiger partial charge in [-0.25, -0.2) is 4.39 Å². The highest BCUT2D eigenvalue weighted by molar-refractivity contribution is 5.59. The summed E-state index contributed by atoms with van der Waals surface area (Å²) in [5.74, 6) is 0.436. The van der Waals surface area contributed by atoms with E-state index in [1.54, 1.807) is 6.07 Å². The highest BCUT2D eigenvalue weighted by Gasteiger charge is 2.21. The predicted molar refractivity (Wildman–Crippen MR) is 59.1 cm³/mol. The van der Waals surface area contributed by atoms with Crippen LogP contribution in [0.2, 0.25) is 0 Å². The van der Waals surface area contributed by atoms with Crippen molar-refractivity contribution in [1.82, 2.24) is 4.98 Å². The Bertz CT molecular complexity index is 496. The van der Waals surface area contributed by atoms with Crippen molar-refractivity contribution in [1.29, 1.82) is 0 Å². The summed E-state index contributed by atoms with van der Waals surface area (Å²) in [6.07, 6.45) is 1.86. The number of halogens is 1. The number of benzene rings is 1. The van der Waals surface area contributed by atoms with Crippen molar-refractivity contribution in [3.63, 3.8) is 0 Å². The minimum Gasteiger partial charge on any atom is -0.489 e. The van der Waals surface area contributed by atoms with Crippen LogP contribution in [-0.2, 0) is 0 Å². The van der Waals surface area contributed by atoms with Crippen LogP contribution in [0.4, 0.5) is 10.1 Å². The Labute approximate surface area is 92.3 Å². The van der Waals surface area contributed by atoms with Crippen LogP contribution in [-0.4, -0.2) is 11.6 Å². The zero-order chi connectivity index (χ0) is 11.0. The van der Waals surface area contributed by atoms with Crippen molar-refractivity contribution in [2.45, 2.75) is 6.04 Å². The van der Waals surface area contributed by atoms with Gasteiger partial charge in [0.05, 0.1) is 5.69 Å². The lowest BCUT2D eigenvalue weighted by molar-refractivity contribution is 0.284. The molecule has 1 aliphatic heterocycles. The monoisotopic (exact) mass is 218 g/mol. The van der Waals surface area contributed by atoms with Crippen LogP contribution < -0.4 is 10.1 Å². The fourth-order valence-electron chi connectivity index (χ4n) is 1.87. The summed E-state index contributed by atoms with van der Waals surface area (Å²) in [7, 11) is 0. The predicted octanol–water partition coefficient (Wildman–Crippen LogP) is 2.70. The van der Waals surface area contributed by atoms with Crippen LogP contribution >= 0.6 is 0 Å². The number of ether oxygens (including phenoxy) is 1. The maximum Gasteiger partial charge on any atom is 0.142 e. The largest absolute Gasteiger partial charge is 0.489 e. The Hall–Kier alpha value is -1.97. The van der Waals surface area contributed by atoms with Gasteiger partial charge in [-0.3, -0.25) is 0 Å². The number of nitrogens with one attached hydrogen (secondary N) is 2. The van der Waals surface area contributed by atoms with Crippen LogP contribution in [0.5, 0.6) is 5.75 Å². The molecule has 1 aromatic carbocycles. The molecule has 4 heteroatoms. The molecule has 1 unspecified atom stereocenters. The van der Waals surface area contributed by atoms with Crippen molar-refractivity contribution in [2.24, 2.45) is 0 Å². The Morgan fingerprint density at radius 1 is 1.31 bits per heavy atom. The SMILES string of the molecule is Fc1ccc2c(c1)NC(c1ccc[nH]1)CO2. The average molecular weight is 218 g/mol. The second-order valence-electron chi connectivity index (χ2n) is 3.77. The third kappa shape index (κ3) is 1.52. The Kier molecular flexibility index (Phi) is 2.06. The summed E-state index contributed by atoms with van der Waals surface area (Å²) in [6.45, 7) is 0.541. The van der Waals surface area contributed by atoms with Gasteiger partial charge in [-0.1, -0.05) is 0 Å². The molecule has 0 saturated heterocycles. The van der Waals surface area contributed by atoms with Crippen LogP contribution in [0.15, 0.2) is 36.5 Å². The van der Waals surface area contributed by atoms with Crippen LogP contribution in [0.25, 0.3) is 0 Å². The fourth-order valence-corrected chi connectivity index (χ4v) is 1.87.